The smallest absolute Gasteiger partial charge is 0.453 e. The maximum absolute atomic E-state index is 16.1. The summed E-state index contributed by atoms with van der Waals surface area (Å²) in [4.78, 5) is 2.24. The van der Waals surface area contributed by atoms with Crippen LogP contribution in [-0.2, 0) is 6.42 Å². The minimum Gasteiger partial charge on any atom is -0.508 e. The zero-order chi connectivity index (χ0) is 31.6. The maximum atomic E-state index is 16.1. The van der Waals surface area contributed by atoms with E-state index < -0.39 is 35.7 Å². The molecule has 3 aliphatic rings. The molecule has 2 N–H and O–H groups in total. The van der Waals surface area contributed by atoms with Crippen molar-refractivity contribution in [1.82, 2.24) is 4.90 Å². The summed E-state index contributed by atoms with van der Waals surface area (Å²) in [5, 5.41) is 21.4. The molecule has 0 amide bonds. The second-order valence-corrected chi connectivity index (χ2v) is 14.4. The number of halogens is 6. The molecule has 1 aromatic carbocycles. The van der Waals surface area contributed by atoms with Gasteiger partial charge in [0.05, 0.1) is 5.60 Å². The van der Waals surface area contributed by atoms with Crippen LogP contribution in [0, 0.1) is 23.2 Å². The van der Waals surface area contributed by atoms with Gasteiger partial charge in [-0.2, -0.15) is 22.0 Å². The van der Waals surface area contributed by atoms with Gasteiger partial charge in [-0.1, -0.05) is 45.1 Å². The number of alkyl halides is 6. The number of rotatable bonds is 14. The fourth-order valence-corrected chi connectivity index (χ4v) is 8.76. The highest BCUT2D eigenvalue weighted by Crippen LogP contribution is 2.66. The molecule has 7 atom stereocenters. The second kappa shape index (κ2) is 13.5. The van der Waals surface area contributed by atoms with E-state index >= 15 is 4.39 Å². The summed E-state index contributed by atoms with van der Waals surface area (Å²) in [6.45, 7) is 5.78. The molecule has 43 heavy (non-hydrogen) atoms. The maximum Gasteiger partial charge on any atom is 0.453 e. The Balaban J connectivity index is 1.21. The zero-order valence-corrected chi connectivity index (χ0v) is 26.0. The Morgan fingerprint density at radius 2 is 1.56 bits per heavy atom. The lowest BCUT2D eigenvalue weighted by Crippen LogP contribution is -2.54. The van der Waals surface area contributed by atoms with Gasteiger partial charge in [-0.25, -0.2) is 4.39 Å². The summed E-state index contributed by atoms with van der Waals surface area (Å²) in [5.74, 6) is -3.79. The van der Waals surface area contributed by atoms with Crippen molar-refractivity contribution in [3.63, 3.8) is 0 Å². The molecule has 0 heterocycles. The van der Waals surface area contributed by atoms with Gasteiger partial charge in [0.1, 0.15) is 11.9 Å². The topological polar surface area (TPSA) is 43.7 Å². The van der Waals surface area contributed by atoms with Crippen LogP contribution in [0.15, 0.2) is 18.2 Å². The highest BCUT2D eigenvalue weighted by atomic mass is 19.4. The molecule has 2 fully saturated rings. The van der Waals surface area contributed by atoms with Gasteiger partial charge >= 0.3 is 12.1 Å². The van der Waals surface area contributed by atoms with Crippen molar-refractivity contribution < 1.29 is 36.6 Å². The molecule has 9 heteroatoms. The third-order valence-corrected chi connectivity index (χ3v) is 11.5. The first kappa shape index (κ1) is 34.4. The molecular weight excluding hydrogens is 568 g/mol. The highest BCUT2D eigenvalue weighted by molar-refractivity contribution is 5.41. The van der Waals surface area contributed by atoms with Gasteiger partial charge in [-0.3, -0.25) is 0 Å². The lowest BCUT2D eigenvalue weighted by atomic mass is 9.50. The molecule has 3 nitrogen and oxygen atoms in total. The van der Waals surface area contributed by atoms with Gasteiger partial charge in [0.25, 0.3) is 0 Å². The van der Waals surface area contributed by atoms with E-state index in [0.29, 0.717) is 31.6 Å². The number of fused-ring (bicyclic) bond motifs is 5. The van der Waals surface area contributed by atoms with Gasteiger partial charge in [0, 0.05) is 17.8 Å². The number of hydrogen-bond acceptors (Lipinski definition) is 3. The van der Waals surface area contributed by atoms with Crippen molar-refractivity contribution in [2.24, 2.45) is 23.2 Å². The van der Waals surface area contributed by atoms with E-state index in [9.17, 15) is 32.2 Å². The SMILES string of the molecule is CN(CCCCCCCC(F)(F)C(F)(F)F)CCCCCC1Cc2cc(O)ccc2[C@@H]2C1[C@@H]1CC[C@@](C)(O)[C@@]1(C)C[C@@H]2F. The Morgan fingerprint density at radius 1 is 0.930 bits per heavy atom. The largest absolute Gasteiger partial charge is 0.508 e. The molecule has 3 aliphatic carbocycles. The van der Waals surface area contributed by atoms with Gasteiger partial charge in [-0.15, -0.1) is 0 Å². The molecule has 4 rings (SSSR count). The summed E-state index contributed by atoms with van der Waals surface area (Å²) >= 11 is 0. The number of unbranched alkanes of at least 4 members (excludes halogenated alkanes) is 6. The van der Waals surface area contributed by atoms with E-state index in [-0.39, 0.29) is 29.9 Å². The quantitative estimate of drug-likeness (QED) is 0.161. The van der Waals surface area contributed by atoms with Gasteiger partial charge < -0.3 is 15.1 Å². The van der Waals surface area contributed by atoms with E-state index in [1.165, 1.54) is 0 Å². The Kier molecular flexibility index (Phi) is 10.8. The Morgan fingerprint density at radius 3 is 2.23 bits per heavy atom. The molecule has 0 spiro atoms. The number of phenolic OH excluding ortho intramolecular Hbond substituents is 1. The van der Waals surface area contributed by atoms with E-state index in [0.717, 1.165) is 75.6 Å². The normalized spacial score (nSPS) is 32.5. The summed E-state index contributed by atoms with van der Waals surface area (Å²) in [6, 6.07) is 5.41. The molecule has 2 saturated carbocycles. The van der Waals surface area contributed by atoms with E-state index in [1.54, 1.807) is 6.07 Å². The average Bonchev–Trinajstić information content (AvgIpc) is 3.14. The van der Waals surface area contributed by atoms with Crippen LogP contribution in [0.5, 0.6) is 5.75 Å². The van der Waals surface area contributed by atoms with Gasteiger partial charge in [-0.05, 0) is 119 Å². The van der Waals surface area contributed by atoms with Crippen LogP contribution in [0.1, 0.15) is 114 Å². The fourth-order valence-electron chi connectivity index (χ4n) is 8.76. The minimum absolute atomic E-state index is 0.122. The summed E-state index contributed by atoms with van der Waals surface area (Å²) in [5.41, 5.74) is 0.813. The number of aromatic hydroxyl groups is 1. The van der Waals surface area contributed by atoms with Crippen molar-refractivity contribution in [2.45, 2.75) is 134 Å². The summed E-state index contributed by atoms with van der Waals surface area (Å²) in [6.07, 6.45) is 1.95. The Labute approximate surface area is 253 Å². The second-order valence-electron chi connectivity index (χ2n) is 14.4. The predicted octanol–water partition coefficient (Wildman–Crippen LogP) is 9.20. The molecule has 0 radical (unpaired) electrons. The zero-order valence-electron chi connectivity index (χ0n) is 26.0. The van der Waals surface area contributed by atoms with Gasteiger partial charge in [0.15, 0.2) is 0 Å². The van der Waals surface area contributed by atoms with E-state index in [4.69, 9.17) is 0 Å². The molecule has 0 aliphatic heterocycles. The molecule has 246 valence electrons. The molecule has 1 aromatic rings. The first-order valence-corrected chi connectivity index (χ1v) is 16.4. The third-order valence-electron chi connectivity index (χ3n) is 11.5. The van der Waals surface area contributed by atoms with E-state index in [1.807, 2.05) is 19.1 Å². The molecule has 0 aromatic heterocycles. The summed E-state index contributed by atoms with van der Waals surface area (Å²) < 4.78 is 78.8. The Bertz CT molecular complexity index is 1060. The van der Waals surface area contributed by atoms with Crippen molar-refractivity contribution in [3.8, 4) is 5.75 Å². The number of nitrogens with zero attached hydrogens (tertiary/aromatic N) is 1. The first-order chi connectivity index (χ1) is 20.1. The number of benzene rings is 1. The molecule has 2 unspecified atom stereocenters. The molecule has 0 bridgehead atoms. The van der Waals surface area contributed by atoms with Gasteiger partial charge in [0.2, 0.25) is 0 Å². The van der Waals surface area contributed by atoms with Crippen molar-refractivity contribution in [1.29, 1.82) is 0 Å². The van der Waals surface area contributed by atoms with Crippen molar-refractivity contribution in [3.05, 3.63) is 29.3 Å². The average molecular weight is 620 g/mol. The lowest BCUT2D eigenvalue weighted by Gasteiger charge is -2.56. The van der Waals surface area contributed by atoms with Crippen molar-refractivity contribution >= 4 is 0 Å². The predicted molar refractivity (Wildman–Crippen MR) is 157 cm³/mol. The number of phenols is 1. The monoisotopic (exact) mass is 619 g/mol. The van der Waals surface area contributed by atoms with E-state index in [2.05, 4.69) is 18.9 Å². The highest BCUT2D eigenvalue weighted by Gasteiger charge is 2.63. The number of aliphatic hydroxyl groups is 1. The van der Waals surface area contributed by atoms with Crippen LogP contribution in [0.4, 0.5) is 26.3 Å². The first-order valence-electron chi connectivity index (χ1n) is 16.4. The Hall–Kier alpha value is -1.48. The standard InChI is InChI=1S/C34H51F6NO2/c1-31-22-28(35)30-26-14-13-25(42)21-24(26)20-23(29(30)27(31)15-17-32(31,2)43)12-8-7-11-19-41(3)18-10-6-4-5-9-16-33(36,37)34(38,39)40/h13-14,21,23,27-30,42-43H,4-12,15-20,22H2,1-3H3/t23?,27-,28-,29?,30-,31-,32+/m0/s1. The van der Waals surface area contributed by atoms with Crippen LogP contribution < -0.4 is 0 Å². The fraction of sp³-hybridized carbons (Fsp3) is 0.824. The van der Waals surface area contributed by atoms with Crippen LogP contribution in [0.3, 0.4) is 0 Å². The van der Waals surface area contributed by atoms with Crippen LogP contribution in [0.25, 0.3) is 0 Å². The minimum atomic E-state index is -5.46. The van der Waals surface area contributed by atoms with Crippen LogP contribution in [0.2, 0.25) is 0 Å². The number of hydrogen-bond donors (Lipinski definition) is 2. The molecule has 0 saturated heterocycles. The third kappa shape index (κ3) is 7.50. The molecular formula is C34H51F6NO2. The van der Waals surface area contributed by atoms with Crippen LogP contribution in [-0.4, -0.2) is 59.1 Å². The van der Waals surface area contributed by atoms with Crippen molar-refractivity contribution in [2.75, 3.05) is 20.1 Å². The van der Waals surface area contributed by atoms with Crippen LogP contribution >= 0.6 is 0 Å². The lowest BCUT2D eigenvalue weighted by molar-refractivity contribution is -0.284. The summed E-state index contributed by atoms with van der Waals surface area (Å²) in [7, 11) is 2.05.